The van der Waals surface area contributed by atoms with Crippen LogP contribution in [0.2, 0.25) is 0 Å². The van der Waals surface area contributed by atoms with Crippen molar-refractivity contribution in [1.29, 1.82) is 0 Å². The summed E-state index contributed by atoms with van der Waals surface area (Å²) in [7, 11) is 3.08. The average Bonchev–Trinajstić information content (AvgIpc) is 2.77. The van der Waals surface area contributed by atoms with Gasteiger partial charge < -0.3 is 10.4 Å². The van der Waals surface area contributed by atoms with Crippen molar-refractivity contribution in [1.82, 2.24) is 19.8 Å². The lowest BCUT2D eigenvalue weighted by molar-refractivity contribution is 0.288. The number of nitrogens with zero attached hydrogens (tertiary/aromatic N) is 4. The molecule has 2 N–H and O–H groups in total. The Morgan fingerprint density at radius 1 is 1.40 bits per heavy atom. The normalized spacial score (nSPS) is 10.8. The number of anilines is 1. The summed E-state index contributed by atoms with van der Waals surface area (Å²) in [4.78, 5) is 11.9. The standard InChI is InChI=1S/C12H16FN5O2/c1-14-10-7-11(18-12(20)17(2)15-16-18)8(4-3-5-19)6-9(10)13/h6-7,14,19H,3-5H2,1-2H3. The van der Waals surface area contributed by atoms with E-state index in [2.05, 4.69) is 15.7 Å². The highest BCUT2D eigenvalue weighted by Crippen LogP contribution is 2.23. The van der Waals surface area contributed by atoms with E-state index in [1.807, 2.05) is 0 Å². The van der Waals surface area contributed by atoms with E-state index in [9.17, 15) is 9.18 Å². The second-order valence-corrected chi connectivity index (χ2v) is 4.33. The van der Waals surface area contributed by atoms with E-state index in [4.69, 9.17) is 5.11 Å². The van der Waals surface area contributed by atoms with E-state index >= 15 is 0 Å². The van der Waals surface area contributed by atoms with Crippen molar-refractivity contribution in [3.63, 3.8) is 0 Å². The third-order valence-corrected chi connectivity index (χ3v) is 2.99. The van der Waals surface area contributed by atoms with Crippen LogP contribution in [0.15, 0.2) is 16.9 Å². The third-order valence-electron chi connectivity index (χ3n) is 2.99. The molecule has 0 radical (unpaired) electrons. The number of nitrogens with one attached hydrogen (secondary N) is 1. The molecule has 0 saturated carbocycles. The van der Waals surface area contributed by atoms with E-state index in [1.165, 1.54) is 19.2 Å². The summed E-state index contributed by atoms with van der Waals surface area (Å²) < 4.78 is 16.0. The summed E-state index contributed by atoms with van der Waals surface area (Å²) in [6.07, 6.45) is 0.913. The molecule has 7 nitrogen and oxygen atoms in total. The van der Waals surface area contributed by atoms with Crippen molar-refractivity contribution in [2.45, 2.75) is 12.8 Å². The highest BCUT2D eigenvalue weighted by molar-refractivity contribution is 5.55. The van der Waals surface area contributed by atoms with E-state index < -0.39 is 11.5 Å². The fourth-order valence-corrected chi connectivity index (χ4v) is 1.93. The Bertz CT molecular complexity index is 664. The molecule has 0 bridgehead atoms. The van der Waals surface area contributed by atoms with Gasteiger partial charge >= 0.3 is 5.69 Å². The highest BCUT2D eigenvalue weighted by Gasteiger charge is 2.14. The number of benzene rings is 1. The van der Waals surface area contributed by atoms with Crippen LogP contribution in [0.25, 0.3) is 5.69 Å². The minimum absolute atomic E-state index is 0.00972. The van der Waals surface area contributed by atoms with Crippen LogP contribution in [0.4, 0.5) is 10.1 Å². The van der Waals surface area contributed by atoms with Gasteiger partial charge in [0.25, 0.3) is 0 Å². The number of hydrogen-bond acceptors (Lipinski definition) is 5. The monoisotopic (exact) mass is 281 g/mol. The van der Waals surface area contributed by atoms with Gasteiger partial charge in [0.05, 0.1) is 11.4 Å². The molecule has 0 aliphatic heterocycles. The molecule has 0 atom stereocenters. The van der Waals surface area contributed by atoms with Crippen molar-refractivity contribution in [2.75, 3.05) is 19.0 Å². The fraction of sp³-hybridized carbons (Fsp3) is 0.417. The first-order valence-corrected chi connectivity index (χ1v) is 6.19. The van der Waals surface area contributed by atoms with Gasteiger partial charge in [-0.3, -0.25) is 0 Å². The van der Waals surface area contributed by atoms with Gasteiger partial charge in [0.15, 0.2) is 0 Å². The Hall–Kier alpha value is -2.22. The van der Waals surface area contributed by atoms with E-state index in [0.29, 0.717) is 24.1 Å². The molecule has 2 rings (SSSR count). The topological polar surface area (TPSA) is 85.0 Å². The lowest BCUT2D eigenvalue weighted by Crippen LogP contribution is -2.23. The molecule has 0 aliphatic carbocycles. The van der Waals surface area contributed by atoms with Gasteiger partial charge in [0.1, 0.15) is 5.82 Å². The molecular weight excluding hydrogens is 265 g/mol. The number of hydrogen-bond donors (Lipinski definition) is 2. The lowest BCUT2D eigenvalue weighted by Gasteiger charge is -2.11. The number of aliphatic hydroxyl groups is 1. The highest BCUT2D eigenvalue weighted by atomic mass is 19.1. The van der Waals surface area contributed by atoms with Gasteiger partial charge in [0.2, 0.25) is 0 Å². The maximum Gasteiger partial charge on any atom is 0.368 e. The largest absolute Gasteiger partial charge is 0.396 e. The number of rotatable bonds is 5. The summed E-state index contributed by atoms with van der Waals surface area (Å²) >= 11 is 0. The molecule has 20 heavy (non-hydrogen) atoms. The summed E-state index contributed by atoms with van der Waals surface area (Å²) in [5.74, 6) is -0.416. The number of tetrazole rings is 1. The second-order valence-electron chi connectivity index (χ2n) is 4.33. The van der Waals surface area contributed by atoms with E-state index in [0.717, 1.165) is 9.36 Å². The van der Waals surface area contributed by atoms with Crippen LogP contribution < -0.4 is 11.0 Å². The molecular formula is C12H16FN5O2. The molecule has 0 amide bonds. The van der Waals surface area contributed by atoms with Crippen LogP contribution >= 0.6 is 0 Å². The van der Waals surface area contributed by atoms with Crippen LogP contribution in [-0.4, -0.2) is 38.6 Å². The molecule has 0 fully saturated rings. The Balaban J connectivity index is 2.59. The maximum atomic E-state index is 13.8. The van der Waals surface area contributed by atoms with Crippen LogP contribution in [-0.2, 0) is 13.5 Å². The van der Waals surface area contributed by atoms with Crippen LogP contribution in [0.1, 0.15) is 12.0 Å². The van der Waals surface area contributed by atoms with E-state index in [1.54, 1.807) is 7.05 Å². The SMILES string of the molecule is CNc1cc(-n2nnn(C)c2=O)c(CCCO)cc1F. The first kappa shape index (κ1) is 14.2. The average molecular weight is 281 g/mol. The zero-order valence-electron chi connectivity index (χ0n) is 11.3. The summed E-state index contributed by atoms with van der Waals surface area (Å²) in [6, 6.07) is 2.86. The molecule has 0 saturated heterocycles. The van der Waals surface area contributed by atoms with Gasteiger partial charge in [0, 0.05) is 20.7 Å². The van der Waals surface area contributed by atoms with Crippen LogP contribution in [0, 0.1) is 5.82 Å². The molecule has 0 spiro atoms. The van der Waals surface area contributed by atoms with Crippen molar-refractivity contribution >= 4 is 5.69 Å². The molecule has 1 aromatic heterocycles. The summed E-state index contributed by atoms with van der Waals surface area (Å²) in [5.41, 5.74) is 0.912. The fourth-order valence-electron chi connectivity index (χ4n) is 1.93. The maximum absolute atomic E-state index is 13.8. The Morgan fingerprint density at radius 3 is 2.70 bits per heavy atom. The number of aromatic nitrogens is 4. The van der Waals surface area contributed by atoms with E-state index in [-0.39, 0.29) is 12.3 Å². The molecule has 108 valence electrons. The number of aryl methyl sites for hydroxylation is 2. The van der Waals surface area contributed by atoms with Gasteiger partial charge in [-0.1, -0.05) is 0 Å². The minimum atomic E-state index is -0.416. The minimum Gasteiger partial charge on any atom is -0.396 e. The Labute approximate surface area is 114 Å². The predicted octanol–water partition coefficient (Wildman–Crippen LogP) is 0.0717. The van der Waals surface area contributed by atoms with Crippen molar-refractivity contribution < 1.29 is 9.50 Å². The van der Waals surface area contributed by atoms with Crippen molar-refractivity contribution in [2.24, 2.45) is 7.05 Å². The van der Waals surface area contributed by atoms with Gasteiger partial charge in [-0.25, -0.2) is 9.18 Å². The first-order valence-electron chi connectivity index (χ1n) is 6.19. The molecule has 1 heterocycles. The van der Waals surface area contributed by atoms with Crippen molar-refractivity contribution in [3.8, 4) is 5.69 Å². The second kappa shape index (κ2) is 5.83. The van der Waals surface area contributed by atoms with Gasteiger partial charge in [-0.2, -0.15) is 9.36 Å². The zero-order valence-corrected chi connectivity index (χ0v) is 11.3. The molecule has 0 aliphatic rings. The Kier molecular flexibility index (Phi) is 4.14. The van der Waals surface area contributed by atoms with Crippen LogP contribution in [0.3, 0.4) is 0 Å². The smallest absolute Gasteiger partial charge is 0.368 e. The quantitative estimate of drug-likeness (QED) is 0.810. The molecule has 8 heteroatoms. The molecule has 1 aromatic carbocycles. The third kappa shape index (κ3) is 2.55. The number of aliphatic hydroxyl groups excluding tert-OH is 1. The predicted molar refractivity (Wildman–Crippen MR) is 71.5 cm³/mol. The molecule has 0 unspecified atom stereocenters. The summed E-state index contributed by atoms with van der Waals surface area (Å²) in [6.45, 7) is -0.00972. The lowest BCUT2D eigenvalue weighted by atomic mass is 10.1. The Morgan fingerprint density at radius 2 is 2.15 bits per heavy atom. The zero-order chi connectivity index (χ0) is 14.7. The van der Waals surface area contributed by atoms with Gasteiger partial charge in [-0.05, 0) is 41.0 Å². The summed E-state index contributed by atoms with van der Waals surface area (Å²) in [5, 5.41) is 19.0. The van der Waals surface area contributed by atoms with Gasteiger partial charge in [-0.15, -0.1) is 0 Å². The number of halogens is 1. The molecule has 2 aromatic rings. The van der Waals surface area contributed by atoms with Crippen LogP contribution in [0.5, 0.6) is 0 Å². The first-order chi connectivity index (χ1) is 9.58. The van der Waals surface area contributed by atoms with Crippen molar-refractivity contribution in [3.05, 3.63) is 34.0 Å².